The number of nitrogens with zero attached hydrogens (tertiary/aromatic N) is 2. The molecule has 0 aliphatic rings. The van der Waals surface area contributed by atoms with Gasteiger partial charge in [0.1, 0.15) is 11.6 Å². The maximum absolute atomic E-state index is 9.87. The summed E-state index contributed by atoms with van der Waals surface area (Å²) in [6.07, 6.45) is 0. The molecular formula is C13H10BrN3O. The summed E-state index contributed by atoms with van der Waals surface area (Å²) < 4.78 is 0.889. The number of nitrogens with one attached hydrogen (secondary N) is 1. The predicted molar refractivity (Wildman–Crippen MR) is 73.4 cm³/mol. The number of hydrogen-bond donors (Lipinski definition) is 2. The van der Waals surface area contributed by atoms with E-state index in [-0.39, 0.29) is 5.75 Å². The number of phenols is 1. The van der Waals surface area contributed by atoms with Gasteiger partial charge < -0.3 is 10.1 Å². The first-order chi connectivity index (χ1) is 8.63. The van der Waals surface area contributed by atoms with Gasteiger partial charge in [0.25, 0.3) is 0 Å². The summed E-state index contributed by atoms with van der Waals surface area (Å²) in [6.45, 7) is 1.92. The minimum absolute atomic E-state index is 0.189. The van der Waals surface area contributed by atoms with Gasteiger partial charge in [-0.05, 0) is 37.3 Å². The molecule has 0 bridgehead atoms. The van der Waals surface area contributed by atoms with Crippen molar-refractivity contribution in [2.45, 2.75) is 6.92 Å². The van der Waals surface area contributed by atoms with Crippen LogP contribution < -0.4 is 0 Å². The van der Waals surface area contributed by atoms with Crippen LogP contribution in [0.1, 0.15) is 5.69 Å². The van der Waals surface area contributed by atoms with Gasteiger partial charge in [-0.3, -0.25) is 0 Å². The average Bonchev–Trinajstić information content (AvgIpc) is 2.74. The Kier molecular flexibility index (Phi) is 2.56. The molecule has 4 nitrogen and oxygen atoms in total. The molecule has 0 spiro atoms. The standard InChI is InChI=1S/C13H10BrN3O/c1-7-2-4-10-13(15-7)17-12(16-10)9-6-8(14)3-5-11(9)18/h2-6,18H,1H3,(H,15,16,17). The van der Waals surface area contributed by atoms with Gasteiger partial charge in [0.05, 0.1) is 11.1 Å². The predicted octanol–water partition coefficient (Wildman–Crippen LogP) is 3.40. The molecule has 0 aliphatic heterocycles. The van der Waals surface area contributed by atoms with Gasteiger partial charge in [0.2, 0.25) is 0 Å². The third kappa shape index (κ3) is 1.86. The van der Waals surface area contributed by atoms with Crippen LogP contribution in [0.5, 0.6) is 5.75 Å². The number of benzene rings is 1. The Balaban J connectivity index is 2.22. The molecule has 1 aromatic carbocycles. The van der Waals surface area contributed by atoms with Gasteiger partial charge >= 0.3 is 0 Å². The van der Waals surface area contributed by atoms with Crippen LogP contribution in [-0.4, -0.2) is 20.1 Å². The van der Waals surface area contributed by atoms with Crippen LogP contribution in [0.25, 0.3) is 22.6 Å². The molecule has 0 saturated carbocycles. The number of aryl methyl sites for hydroxylation is 1. The van der Waals surface area contributed by atoms with Crippen molar-refractivity contribution in [2.24, 2.45) is 0 Å². The quantitative estimate of drug-likeness (QED) is 0.724. The molecule has 2 N–H and O–H groups in total. The molecule has 5 heteroatoms. The van der Waals surface area contributed by atoms with Gasteiger partial charge in [-0.2, -0.15) is 0 Å². The molecule has 2 aromatic heterocycles. The van der Waals surface area contributed by atoms with E-state index in [4.69, 9.17) is 0 Å². The van der Waals surface area contributed by atoms with Crippen LogP contribution in [0.4, 0.5) is 0 Å². The van der Waals surface area contributed by atoms with Crippen LogP contribution in [0.15, 0.2) is 34.8 Å². The number of aromatic hydroxyl groups is 1. The van der Waals surface area contributed by atoms with Crippen molar-refractivity contribution in [1.82, 2.24) is 15.0 Å². The van der Waals surface area contributed by atoms with E-state index in [2.05, 4.69) is 30.9 Å². The minimum atomic E-state index is 0.189. The molecule has 0 fully saturated rings. The zero-order valence-corrected chi connectivity index (χ0v) is 11.2. The van der Waals surface area contributed by atoms with E-state index >= 15 is 0 Å². The number of imidazole rings is 1. The summed E-state index contributed by atoms with van der Waals surface area (Å²) in [5, 5.41) is 9.87. The third-order valence-corrected chi connectivity index (χ3v) is 3.19. The maximum Gasteiger partial charge on any atom is 0.178 e. The molecular weight excluding hydrogens is 294 g/mol. The smallest absolute Gasteiger partial charge is 0.178 e. The van der Waals surface area contributed by atoms with Crippen LogP contribution in [-0.2, 0) is 0 Å². The first-order valence-electron chi connectivity index (χ1n) is 5.46. The summed E-state index contributed by atoms with van der Waals surface area (Å²) in [7, 11) is 0. The maximum atomic E-state index is 9.87. The van der Waals surface area contributed by atoms with Crippen molar-refractivity contribution in [3.05, 3.63) is 40.5 Å². The molecule has 18 heavy (non-hydrogen) atoms. The highest BCUT2D eigenvalue weighted by molar-refractivity contribution is 9.10. The first-order valence-corrected chi connectivity index (χ1v) is 6.25. The van der Waals surface area contributed by atoms with Gasteiger partial charge in [-0.15, -0.1) is 0 Å². The van der Waals surface area contributed by atoms with Crippen molar-refractivity contribution in [3.8, 4) is 17.1 Å². The Morgan fingerprint density at radius 3 is 2.83 bits per heavy atom. The van der Waals surface area contributed by atoms with Crippen molar-refractivity contribution < 1.29 is 5.11 Å². The van der Waals surface area contributed by atoms with E-state index in [1.807, 2.05) is 25.1 Å². The summed E-state index contributed by atoms with van der Waals surface area (Å²) >= 11 is 3.38. The fourth-order valence-electron chi connectivity index (χ4n) is 1.81. The number of H-pyrrole nitrogens is 1. The van der Waals surface area contributed by atoms with Gasteiger partial charge in [-0.1, -0.05) is 15.9 Å². The summed E-state index contributed by atoms with van der Waals surface area (Å²) in [4.78, 5) is 11.9. The molecule has 2 heterocycles. The first kappa shape index (κ1) is 11.2. The van der Waals surface area contributed by atoms with Crippen LogP contribution >= 0.6 is 15.9 Å². The molecule has 0 aliphatic carbocycles. The van der Waals surface area contributed by atoms with E-state index < -0.39 is 0 Å². The second kappa shape index (κ2) is 4.10. The lowest BCUT2D eigenvalue weighted by Gasteiger charge is -2.01. The van der Waals surface area contributed by atoms with E-state index in [1.165, 1.54) is 0 Å². The number of rotatable bonds is 1. The molecule has 0 saturated heterocycles. The highest BCUT2D eigenvalue weighted by atomic mass is 79.9. The van der Waals surface area contributed by atoms with Crippen molar-refractivity contribution in [2.75, 3.05) is 0 Å². The monoisotopic (exact) mass is 303 g/mol. The molecule has 0 atom stereocenters. The number of fused-ring (bicyclic) bond motifs is 1. The van der Waals surface area contributed by atoms with Gasteiger partial charge in [0, 0.05) is 10.2 Å². The Morgan fingerprint density at radius 2 is 2.00 bits per heavy atom. The summed E-state index contributed by atoms with van der Waals surface area (Å²) in [5.74, 6) is 0.802. The number of aromatic nitrogens is 3. The second-order valence-corrected chi connectivity index (χ2v) is 4.99. The lowest BCUT2D eigenvalue weighted by molar-refractivity contribution is 0.477. The Labute approximate surface area is 112 Å². The number of aromatic amines is 1. The Bertz CT molecular complexity index is 736. The van der Waals surface area contributed by atoms with E-state index in [9.17, 15) is 5.11 Å². The Hall–Kier alpha value is -1.88. The zero-order valence-electron chi connectivity index (χ0n) is 9.61. The van der Waals surface area contributed by atoms with Gasteiger partial charge in [-0.25, -0.2) is 9.97 Å². The largest absolute Gasteiger partial charge is 0.507 e. The molecule has 90 valence electrons. The molecule has 3 aromatic rings. The van der Waals surface area contributed by atoms with E-state index in [0.717, 1.165) is 15.7 Å². The topological polar surface area (TPSA) is 61.8 Å². The van der Waals surface area contributed by atoms with E-state index in [1.54, 1.807) is 12.1 Å². The van der Waals surface area contributed by atoms with Crippen LogP contribution in [0.3, 0.4) is 0 Å². The lowest BCUT2D eigenvalue weighted by Crippen LogP contribution is -1.82. The minimum Gasteiger partial charge on any atom is -0.507 e. The zero-order chi connectivity index (χ0) is 12.7. The third-order valence-electron chi connectivity index (χ3n) is 2.70. The molecule has 3 rings (SSSR count). The van der Waals surface area contributed by atoms with Crippen molar-refractivity contribution in [3.63, 3.8) is 0 Å². The highest BCUT2D eigenvalue weighted by Gasteiger charge is 2.10. The number of pyridine rings is 1. The van der Waals surface area contributed by atoms with Crippen LogP contribution in [0.2, 0.25) is 0 Å². The summed E-state index contributed by atoms with van der Waals surface area (Å²) in [5.41, 5.74) is 3.08. The molecule has 0 unspecified atom stereocenters. The summed E-state index contributed by atoms with van der Waals surface area (Å²) in [6, 6.07) is 9.09. The lowest BCUT2D eigenvalue weighted by atomic mass is 10.2. The van der Waals surface area contributed by atoms with Crippen molar-refractivity contribution in [1.29, 1.82) is 0 Å². The highest BCUT2D eigenvalue weighted by Crippen LogP contribution is 2.30. The van der Waals surface area contributed by atoms with E-state index in [0.29, 0.717) is 17.0 Å². The molecule has 0 amide bonds. The fraction of sp³-hybridized carbons (Fsp3) is 0.0769. The fourth-order valence-corrected chi connectivity index (χ4v) is 2.17. The average molecular weight is 304 g/mol. The Morgan fingerprint density at radius 1 is 1.17 bits per heavy atom. The number of phenolic OH excluding ortho intramolecular Hbond substituents is 1. The normalized spacial score (nSPS) is 11.0. The second-order valence-electron chi connectivity index (χ2n) is 4.07. The number of hydrogen-bond acceptors (Lipinski definition) is 3. The van der Waals surface area contributed by atoms with Crippen molar-refractivity contribution >= 4 is 27.1 Å². The number of halogens is 1. The van der Waals surface area contributed by atoms with Gasteiger partial charge in [0.15, 0.2) is 5.65 Å². The SMILES string of the molecule is Cc1ccc2[nH]c(-c3cc(Br)ccc3O)nc2n1. The van der Waals surface area contributed by atoms with Crippen LogP contribution in [0, 0.1) is 6.92 Å². The molecule has 0 radical (unpaired) electrons.